The minimum absolute atomic E-state index is 0.0107. The summed E-state index contributed by atoms with van der Waals surface area (Å²) in [6, 6.07) is 18.4. The van der Waals surface area contributed by atoms with Crippen molar-refractivity contribution in [1.29, 1.82) is 0 Å². The van der Waals surface area contributed by atoms with Crippen LogP contribution in [0.3, 0.4) is 0 Å². The Kier molecular flexibility index (Phi) is 7.42. The predicted molar refractivity (Wildman–Crippen MR) is 130 cm³/mol. The Hall–Kier alpha value is -3.76. The molecule has 9 nitrogen and oxygen atoms in total. The molecule has 1 aliphatic heterocycles. The van der Waals surface area contributed by atoms with Crippen molar-refractivity contribution in [1.82, 2.24) is 4.31 Å². The third-order valence-electron chi connectivity index (χ3n) is 5.34. The number of fused-ring (bicyclic) bond motifs is 1. The van der Waals surface area contributed by atoms with E-state index < -0.39 is 22.5 Å². The number of ether oxygens (including phenoxy) is 4. The van der Waals surface area contributed by atoms with E-state index in [2.05, 4.69) is 5.32 Å². The van der Waals surface area contributed by atoms with Gasteiger partial charge in [0.05, 0.1) is 25.7 Å². The predicted octanol–water partition coefficient (Wildman–Crippen LogP) is 3.30. The number of anilines is 1. The van der Waals surface area contributed by atoms with E-state index in [0.717, 1.165) is 9.87 Å². The van der Waals surface area contributed by atoms with E-state index in [1.54, 1.807) is 36.4 Å². The highest BCUT2D eigenvalue weighted by molar-refractivity contribution is 7.89. The van der Waals surface area contributed by atoms with Crippen molar-refractivity contribution in [2.24, 2.45) is 0 Å². The first-order valence-electron chi connectivity index (χ1n) is 10.9. The topological polar surface area (TPSA) is 103 Å². The number of hydrogen-bond acceptors (Lipinski definition) is 7. The fourth-order valence-corrected chi connectivity index (χ4v) is 5.02. The third kappa shape index (κ3) is 5.67. The highest BCUT2D eigenvalue weighted by atomic mass is 32.2. The van der Waals surface area contributed by atoms with Crippen LogP contribution in [0.5, 0.6) is 23.0 Å². The van der Waals surface area contributed by atoms with Crippen LogP contribution in [0.15, 0.2) is 71.6 Å². The van der Waals surface area contributed by atoms with Crippen molar-refractivity contribution < 1.29 is 32.2 Å². The average molecular weight is 499 g/mol. The summed E-state index contributed by atoms with van der Waals surface area (Å²) in [4.78, 5) is 13.0. The first-order valence-corrected chi connectivity index (χ1v) is 12.3. The van der Waals surface area contributed by atoms with Crippen LogP contribution in [0.1, 0.15) is 5.56 Å². The van der Waals surface area contributed by atoms with Crippen molar-refractivity contribution in [3.8, 4) is 23.0 Å². The second kappa shape index (κ2) is 10.7. The molecule has 0 saturated heterocycles. The maximum Gasteiger partial charge on any atom is 0.243 e. The van der Waals surface area contributed by atoms with Gasteiger partial charge in [0, 0.05) is 24.4 Å². The fraction of sp³-hybridized carbons (Fsp3) is 0.240. The Balaban J connectivity index is 1.60. The molecular weight excluding hydrogens is 472 g/mol. The SMILES string of the molecule is COc1ccc(NC(=O)CN(Cc2ccccc2)S(=O)(=O)c2ccc3c(c2)OCCO3)cc1OC. The summed E-state index contributed by atoms with van der Waals surface area (Å²) >= 11 is 0. The van der Waals surface area contributed by atoms with Gasteiger partial charge in [0.1, 0.15) is 13.2 Å². The average Bonchev–Trinajstić information content (AvgIpc) is 2.88. The van der Waals surface area contributed by atoms with Gasteiger partial charge in [0.2, 0.25) is 15.9 Å². The number of benzene rings is 3. The molecule has 1 N–H and O–H groups in total. The van der Waals surface area contributed by atoms with Crippen LogP contribution in [-0.4, -0.2) is 52.6 Å². The standard InChI is InChI=1S/C25H26N2O7S/c1-31-21-10-8-19(14-23(21)32-2)26-25(28)17-27(16-18-6-4-3-5-7-18)35(29,30)20-9-11-22-24(15-20)34-13-12-33-22/h3-11,14-15H,12-13,16-17H2,1-2H3,(H,26,28). The summed E-state index contributed by atoms with van der Waals surface area (Å²) in [6.07, 6.45) is 0. The zero-order valence-corrected chi connectivity index (χ0v) is 20.2. The van der Waals surface area contributed by atoms with Crippen molar-refractivity contribution in [2.45, 2.75) is 11.4 Å². The minimum Gasteiger partial charge on any atom is -0.493 e. The molecule has 0 aromatic heterocycles. The Bertz CT molecular complexity index is 1300. The van der Waals surface area contributed by atoms with Gasteiger partial charge in [-0.15, -0.1) is 0 Å². The molecule has 35 heavy (non-hydrogen) atoms. The summed E-state index contributed by atoms with van der Waals surface area (Å²) in [5, 5.41) is 2.73. The molecule has 4 rings (SSSR count). The van der Waals surface area contributed by atoms with Crippen LogP contribution in [0.4, 0.5) is 5.69 Å². The van der Waals surface area contributed by atoms with Crippen LogP contribution < -0.4 is 24.3 Å². The van der Waals surface area contributed by atoms with E-state index in [1.165, 1.54) is 26.4 Å². The van der Waals surface area contributed by atoms with Gasteiger partial charge in [0.15, 0.2) is 23.0 Å². The number of hydrogen-bond donors (Lipinski definition) is 1. The second-order valence-electron chi connectivity index (χ2n) is 7.68. The molecule has 3 aromatic rings. The van der Waals surface area contributed by atoms with Crippen molar-refractivity contribution in [3.05, 3.63) is 72.3 Å². The first kappa shape index (κ1) is 24.4. The summed E-state index contributed by atoms with van der Waals surface area (Å²) in [7, 11) is -1.05. The Morgan fingerprint density at radius 1 is 0.914 bits per heavy atom. The van der Waals surface area contributed by atoms with E-state index in [9.17, 15) is 13.2 Å². The first-order chi connectivity index (χ1) is 16.9. The minimum atomic E-state index is -4.05. The van der Waals surface area contributed by atoms with E-state index in [4.69, 9.17) is 18.9 Å². The second-order valence-corrected chi connectivity index (χ2v) is 9.62. The molecule has 10 heteroatoms. The van der Waals surface area contributed by atoms with Gasteiger partial charge in [0.25, 0.3) is 0 Å². The van der Waals surface area contributed by atoms with Crippen molar-refractivity contribution >= 4 is 21.6 Å². The van der Waals surface area contributed by atoms with Crippen molar-refractivity contribution in [2.75, 3.05) is 39.3 Å². The van der Waals surface area contributed by atoms with Gasteiger partial charge < -0.3 is 24.3 Å². The van der Waals surface area contributed by atoms with Gasteiger partial charge in [-0.2, -0.15) is 4.31 Å². The van der Waals surface area contributed by atoms with Crippen LogP contribution in [0.2, 0.25) is 0 Å². The number of methoxy groups -OCH3 is 2. The molecule has 0 bridgehead atoms. The number of amides is 1. The summed E-state index contributed by atoms with van der Waals surface area (Å²) in [6.45, 7) is 0.338. The molecule has 1 heterocycles. The lowest BCUT2D eigenvalue weighted by Crippen LogP contribution is -2.37. The quantitative estimate of drug-likeness (QED) is 0.483. The van der Waals surface area contributed by atoms with Gasteiger partial charge in [-0.1, -0.05) is 30.3 Å². The Labute approximate surface area is 204 Å². The summed E-state index contributed by atoms with van der Waals surface area (Å²) < 4.78 is 49.9. The van der Waals surface area contributed by atoms with Gasteiger partial charge in [-0.3, -0.25) is 4.79 Å². The number of sulfonamides is 1. The zero-order chi connectivity index (χ0) is 24.8. The maximum atomic E-state index is 13.6. The molecule has 0 spiro atoms. The summed E-state index contributed by atoms with van der Waals surface area (Å²) in [5.41, 5.74) is 1.19. The van der Waals surface area contributed by atoms with E-state index in [1.807, 2.05) is 18.2 Å². The number of nitrogens with zero attached hydrogens (tertiary/aromatic N) is 1. The van der Waals surface area contributed by atoms with Crippen LogP contribution in [-0.2, 0) is 21.4 Å². The summed E-state index contributed by atoms with van der Waals surface area (Å²) in [5.74, 6) is 1.28. The normalized spacial score (nSPS) is 12.8. The lowest BCUT2D eigenvalue weighted by molar-refractivity contribution is -0.116. The van der Waals surface area contributed by atoms with E-state index in [0.29, 0.717) is 41.9 Å². The highest BCUT2D eigenvalue weighted by Crippen LogP contribution is 2.34. The molecular formula is C25H26N2O7S. The molecule has 184 valence electrons. The molecule has 0 fully saturated rings. The monoisotopic (exact) mass is 498 g/mol. The molecule has 0 radical (unpaired) electrons. The Morgan fingerprint density at radius 2 is 1.63 bits per heavy atom. The number of rotatable bonds is 9. The number of carbonyl (C=O) groups excluding carboxylic acids is 1. The fourth-order valence-electron chi connectivity index (χ4n) is 3.62. The van der Waals surface area contributed by atoms with Gasteiger partial charge in [-0.05, 0) is 29.8 Å². The molecule has 3 aromatic carbocycles. The highest BCUT2D eigenvalue weighted by Gasteiger charge is 2.29. The molecule has 0 atom stereocenters. The smallest absolute Gasteiger partial charge is 0.243 e. The van der Waals surface area contributed by atoms with Crippen LogP contribution >= 0.6 is 0 Å². The van der Waals surface area contributed by atoms with E-state index in [-0.39, 0.29) is 11.4 Å². The maximum absolute atomic E-state index is 13.6. The van der Waals surface area contributed by atoms with Crippen LogP contribution in [0, 0.1) is 0 Å². The van der Waals surface area contributed by atoms with Crippen molar-refractivity contribution in [3.63, 3.8) is 0 Å². The zero-order valence-electron chi connectivity index (χ0n) is 19.4. The molecule has 1 amide bonds. The largest absolute Gasteiger partial charge is 0.493 e. The molecule has 0 aliphatic carbocycles. The molecule has 0 unspecified atom stereocenters. The third-order valence-corrected chi connectivity index (χ3v) is 7.13. The number of carbonyl (C=O) groups is 1. The Morgan fingerprint density at radius 3 is 2.34 bits per heavy atom. The van der Waals surface area contributed by atoms with Gasteiger partial charge in [-0.25, -0.2) is 8.42 Å². The number of nitrogens with one attached hydrogen (secondary N) is 1. The van der Waals surface area contributed by atoms with E-state index >= 15 is 0 Å². The molecule has 1 aliphatic rings. The van der Waals surface area contributed by atoms with Crippen LogP contribution in [0.25, 0.3) is 0 Å². The molecule has 0 saturated carbocycles. The lowest BCUT2D eigenvalue weighted by atomic mass is 10.2. The lowest BCUT2D eigenvalue weighted by Gasteiger charge is -2.24. The van der Waals surface area contributed by atoms with Gasteiger partial charge >= 0.3 is 0 Å².